The fourth-order valence-corrected chi connectivity index (χ4v) is 3.66. The number of aryl methyl sites for hydroxylation is 2. The molecule has 8 nitrogen and oxygen atoms in total. The molecule has 0 spiro atoms. The minimum absolute atomic E-state index is 0.0440. The Bertz CT molecular complexity index is 1000. The zero-order valence-electron chi connectivity index (χ0n) is 17.2. The largest absolute Gasteiger partial charge is 0.471 e. The summed E-state index contributed by atoms with van der Waals surface area (Å²) in [5, 5.41) is 9.43. The van der Waals surface area contributed by atoms with Gasteiger partial charge in [0.25, 0.3) is 5.91 Å². The number of ether oxygens (including phenoxy) is 1. The second kappa shape index (κ2) is 8.89. The van der Waals surface area contributed by atoms with Crippen LogP contribution in [0.1, 0.15) is 21.7 Å². The highest BCUT2D eigenvalue weighted by Gasteiger charge is 2.24. The van der Waals surface area contributed by atoms with Crippen LogP contribution in [-0.2, 0) is 20.3 Å². The smallest absolute Gasteiger partial charge is 0.274 e. The van der Waals surface area contributed by atoms with Crippen molar-refractivity contribution in [3.05, 3.63) is 64.7 Å². The molecule has 1 aliphatic heterocycles. The monoisotopic (exact) mass is 428 g/mol. The molecule has 1 saturated heterocycles. The molecular weight excluding hydrogens is 404 g/mol. The van der Waals surface area contributed by atoms with Gasteiger partial charge in [0.05, 0.1) is 5.69 Å². The molecule has 30 heavy (non-hydrogen) atoms. The van der Waals surface area contributed by atoms with Crippen molar-refractivity contribution >= 4 is 17.5 Å². The second-order valence-corrected chi connectivity index (χ2v) is 7.89. The maximum absolute atomic E-state index is 12.8. The van der Waals surface area contributed by atoms with Crippen molar-refractivity contribution in [2.45, 2.75) is 20.2 Å². The van der Waals surface area contributed by atoms with Crippen LogP contribution in [0.2, 0.25) is 5.02 Å². The van der Waals surface area contributed by atoms with E-state index in [1.807, 2.05) is 23.6 Å². The van der Waals surface area contributed by atoms with Crippen molar-refractivity contribution in [2.24, 2.45) is 7.05 Å². The number of carbonyl (C=O) groups excluding carboxylic acids is 1. The first-order chi connectivity index (χ1) is 14.5. The lowest BCUT2D eigenvalue weighted by molar-refractivity contribution is 0.0620. The molecule has 0 radical (unpaired) electrons. The van der Waals surface area contributed by atoms with E-state index in [1.54, 1.807) is 41.2 Å². The molecular formula is C21H25ClN6O2. The topological polar surface area (TPSA) is 68.4 Å². The number of halogens is 1. The van der Waals surface area contributed by atoms with Crippen LogP contribution in [0, 0.1) is 6.92 Å². The average molecular weight is 429 g/mol. The fourth-order valence-electron chi connectivity index (χ4n) is 3.53. The lowest BCUT2D eigenvalue weighted by atomic mass is 10.2. The first-order valence-electron chi connectivity index (χ1n) is 9.90. The van der Waals surface area contributed by atoms with Gasteiger partial charge in [0.2, 0.25) is 0 Å². The molecule has 1 amide bonds. The average Bonchev–Trinajstić information content (AvgIpc) is 3.34. The number of benzene rings is 1. The second-order valence-electron chi connectivity index (χ2n) is 7.45. The van der Waals surface area contributed by atoms with E-state index >= 15 is 0 Å². The van der Waals surface area contributed by atoms with Crippen LogP contribution in [0.4, 0.5) is 0 Å². The molecule has 0 atom stereocenters. The third-order valence-electron chi connectivity index (χ3n) is 5.21. The van der Waals surface area contributed by atoms with E-state index in [0.717, 1.165) is 25.3 Å². The van der Waals surface area contributed by atoms with E-state index in [-0.39, 0.29) is 12.6 Å². The number of carbonyl (C=O) groups is 1. The first-order valence-corrected chi connectivity index (χ1v) is 10.3. The minimum atomic E-state index is -0.0440. The number of aromatic nitrogens is 4. The highest BCUT2D eigenvalue weighted by atomic mass is 35.5. The van der Waals surface area contributed by atoms with Gasteiger partial charge in [0.15, 0.2) is 12.4 Å². The van der Waals surface area contributed by atoms with Crippen LogP contribution in [0.3, 0.4) is 0 Å². The lowest BCUT2D eigenvalue weighted by Gasteiger charge is -2.34. The Balaban J connectivity index is 1.28. The molecule has 1 aliphatic rings. The van der Waals surface area contributed by atoms with Crippen LogP contribution in [-0.4, -0.2) is 61.4 Å². The van der Waals surface area contributed by atoms with Crippen molar-refractivity contribution in [1.82, 2.24) is 29.4 Å². The van der Waals surface area contributed by atoms with E-state index in [0.29, 0.717) is 29.6 Å². The third kappa shape index (κ3) is 4.83. The highest BCUT2D eigenvalue weighted by Crippen LogP contribution is 2.16. The molecule has 0 saturated carbocycles. The summed E-state index contributed by atoms with van der Waals surface area (Å²) in [6, 6.07) is 8.86. The molecule has 0 N–H and O–H groups in total. The molecule has 3 aromatic rings. The number of hydrogen-bond acceptors (Lipinski definition) is 5. The van der Waals surface area contributed by atoms with Gasteiger partial charge in [-0.1, -0.05) is 11.6 Å². The molecule has 0 aliphatic carbocycles. The van der Waals surface area contributed by atoms with E-state index in [1.165, 1.54) is 5.56 Å². The Labute approximate surface area is 180 Å². The van der Waals surface area contributed by atoms with E-state index in [2.05, 4.69) is 21.3 Å². The van der Waals surface area contributed by atoms with Crippen LogP contribution in [0.5, 0.6) is 5.75 Å². The quantitative estimate of drug-likeness (QED) is 0.603. The van der Waals surface area contributed by atoms with Crippen LogP contribution in [0.15, 0.2) is 42.7 Å². The Morgan fingerprint density at radius 1 is 1.10 bits per heavy atom. The normalized spacial score (nSPS) is 14.8. The van der Waals surface area contributed by atoms with Gasteiger partial charge in [-0.15, -0.1) is 0 Å². The number of rotatable bonds is 6. The maximum Gasteiger partial charge on any atom is 0.274 e. The Morgan fingerprint density at radius 2 is 1.83 bits per heavy atom. The zero-order chi connectivity index (χ0) is 21.1. The molecule has 4 rings (SSSR count). The van der Waals surface area contributed by atoms with Crippen molar-refractivity contribution < 1.29 is 9.53 Å². The SMILES string of the molecule is Cc1nn(C)cc1CN1CCN(C(=O)c2ccn(COc3ccc(Cl)cc3)n2)CC1. The van der Waals surface area contributed by atoms with Crippen molar-refractivity contribution in [3.63, 3.8) is 0 Å². The molecule has 9 heteroatoms. The zero-order valence-corrected chi connectivity index (χ0v) is 17.9. The van der Waals surface area contributed by atoms with Crippen molar-refractivity contribution in [3.8, 4) is 5.75 Å². The van der Waals surface area contributed by atoms with Gasteiger partial charge in [0, 0.05) is 62.8 Å². The van der Waals surface area contributed by atoms with E-state index in [4.69, 9.17) is 16.3 Å². The molecule has 0 bridgehead atoms. The fraction of sp³-hybridized carbons (Fsp3) is 0.381. The van der Waals surface area contributed by atoms with Gasteiger partial charge < -0.3 is 9.64 Å². The highest BCUT2D eigenvalue weighted by molar-refractivity contribution is 6.30. The minimum Gasteiger partial charge on any atom is -0.471 e. The number of nitrogens with zero attached hydrogens (tertiary/aromatic N) is 6. The van der Waals surface area contributed by atoms with Gasteiger partial charge in [0.1, 0.15) is 5.75 Å². The summed E-state index contributed by atoms with van der Waals surface area (Å²) in [4.78, 5) is 17.0. The van der Waals surface area contributed by atoms with Crippen LogP contribution >= 0.6 is 11.6 Å². The van der Waals surface area contributed by atoms with Crippen LogP contribution in [0.25, 0.3) is 0 Å². The van der Waals surface area contributed by atoms with Gasteiger partial charge >= 0.3 is 0 Å². The molecule has 1 aromatic carbocycles. The Kier molecular flexibility index (Phi) is 6.06. The molecule has 1 fully saturated rings. The van der Waals surface area contributed by atoms with E-state index in [9.17, 15) is 4.79 Å². The third-order valence-corrected chi connectivity index (χ3v) is 5.46. The van der Waals surface area contributed by atoms with Gasteiger partial charge in [-0.2, -0.15) is 10.2 Å². The Morgan fingerprint density at radius 3 is 2.50 bits per heavy atom. The number of amides is 1. The molecule has 0 unspecified atom stereocenters. The number of piperazine rings is 1. The predicted molar refractivity (Wildman–Crippen MR) is 113 cm³/mol. The summed E-state index contributed by atoms with van der Waals surface area (Å²) in [7, 11) is 1.94. The van der Waals surface area contributed by atoms with Gasteiger partial charge in [-0.25, -0.2) is 4.68 Å². The molecule has 2 aromatic heterocycles. The maximum atomic E-state index is 12.8. The van der Waals surface area contributed by atoms with E-state index < -0.39 is 0 Å². The van der Waals surface area contributed by atoms with Gasteiger partial charge in [-0.05, 0) is 37.3 Å². The van der Waals surface area contributed by atoms with Crippen molar-refractivity contribution in [2.75, 3.05) is 26.2 Å². The number of hydrogen-bond donors (Lipinski definition) is 0. The Hall–Kier alpha value is -2.84. The van der Waals surface area contributed by atoms with Crippen LogP contribution < -0.4 is 4.74 Å². The predicted octanol–water partition coefficient (Wildman–Crippen LogP) is 2.57. The summed E-state index contributed by atoms with van der Waals surface area (Å²) in [5.74, 6) is 0.653. The molecule has 158 valence electrons. The summed E-state index contributed by atoms with van der Waals surface area (Å²) in [6.07, 6.45) is 3.82. The summed E-state index contributed by atoms with van der Waals surface area (Å²) in [6.45, 7) is 6.16. The summed E-state index contributed by atoms with van der Waals surface area (Å²) < 4.78 is 9.13. The summed E-state index contributed by atoms with van der Waals surface area (Å²) in [5.41, 5.74) is 2.73. The van der Waals surface area contributed by atoms with Crippen molar-refractivity contribution in [1.29, 1.82) is 0 Å². The standard InChI is InChI=1S/C21H25ClN6O2/c1-16-17(13-25(2)23-16)14-26-9-11-27(12-10-26)21(29)20-7-8-28(24-20)15-30-19-5-3-18(22)4-6-19/h3-8,13H,9-12,14-15H2,1-2H3. The molecule has 3 heterocycles. The van der Waals surface area contributed by atoms with Gasteiger partial charge in [-0.3, -0.25) is 14.4 Å². The summed E-state index contributed by atoms with van der Waals surface area (Å²) >= 11 is 5.88. The lowest BCUT2D eigenvalue weighted by Crippen LogP contribution is -2.48. The first kappa shape index (κ1) is 20.4.